The van der Waals surface area contributed by atoms with Crippen LogP contribution in [0.4, 0.5) is 4.39 Å². The Bertz CT molecular complexity index is 584. The fourth-order valence-electron chi connectivity index (χ4n) is 1.90. The van der Waals surface area contributed by atoms with E-state index in [2.05, 4.69) is 35.1 Å². The van der Waals surface area contributed by atoms with Crippen molar-refractivity contribution in [2.75, 3.05) is 0 Å². The molecule has 2 rings (SSSR count). The van der Waals surface area contributed by atoms with Gasteiger partial charge in [-0.05, 0) is 39.7 Å². The highest BCUT2D eigenvalue weighted by Gasteiger charge is 2.09. The van der Waals surface area contributed by atoms with Crippen LogP contribution in [0.1, 0.15) is 25.0 Å². The van der Waals surface area contributed by atoms with Gasteiger partial charge in [-0.15, -0.1) is 0 Å². The molecule has 21 heavy (non-hydrogen) atoms. The fourth-order valence-corrected chi connectivity index (χ4v) is 2.43. The summed E-state index contributed by atoms with van der Waals surface area (Å²) < 4.78 is 19.7. The Morgan fingerprint density at radius 2 is 1.86 bits per heavy atom. The molecule has 0 aromatic heterocycles. The molecule has 0 amide bonds. The molecule has 2 nitrogen and oxygen atoms in total. The van der Waals surface area contributed by atoms with Gasteiger partial charge in [0.25, 0.3) is 0 Å². The van der Waals surface area contributed by atoms with Gasteiger partial charge in [-0.1, -0.05) is 38.1 Å². The monoisotopic (exact) mass is 351 g/mol. The summed E-state index contributed by atoms with van der Waals surface area (Å²) in [6.45, 7) is 5.38. The first kappa shape index (κ1) is 16.0. The lowest BCUT2D eigenvalue weighted by Gasteiger charge is -2.15. The molecular formula is C17H19BrFNO. The van der Waals surface area contributed by atoms with E-state index in [-0.39, 0.29) is 5.82 Å². The van der Waals surface area contributed by atoms with E-state index in [9.17, 15) is 4.39 Å². The molecule has 0 heterocycles. The van der Waals surface area contributed by atoms with E-state index in [0.717, 1.165) is 27.9 Å². The quantitative estimate of drug-likeness (QED) is 0.816. The molecule has 0 aliphatic heterocycles. The third-order valence-electron chi connectivity index (χ3n) is 3.05. The van der Waals surface area contributed by atoms with E-state index in [1.54, 1.807) is 12.1 Å². The summed E-state index contributed by atoms with van der Waals surface area (Å²) in [5.74, 6) is 0.594. The molecule has 4 heteroatoms. The van der Waals surface area contributed by atoms with E-state index >= 15 is 0 Å². The van der Waals surface area contributed by atoms with E-state index in [4.69, 9.17) is 4.74 Å². The van der Waals surface area contributed by atoms with E-state index in [0.29, 0.717) is 12.6 Å². The fraction of sp³-hybridized carbons (Fsp3) is 0.294. The number of benzene rings is 2. The van der Waals surface area contributed by atoms with Crippen molar-refractivity contribution >= 4 is 15.9 Å². The number of para-hydroxylation sites is 1. The summed E-state index contributed by atoms with van der Waals surface area (Å²) >= 11 is 3.53. The second kappa shape index (κ2) is 7.57. The highest BCUT2D eigenvalue weighted by molar-refractivity contribution is 9.10. The van der Waals surface area contributed by atoms with Gasteiger partial charge in [-0.2, -0.15) is 0 Å². The van der Waals surface area contributed by atoms with Crippen molar-refractivity contribution in [3.8, 4) is 5.75 Å². The van der Waals surface area contributed by atoms with Crippen molar-refractivity contribution in [3.05, 3.63) is 63.9 Å². The van der Waals surface area contributed by atoms with Crippen LogP contribution in [-0.2, 0) is 13.2 Å². The average Bonchev–Trinajstić information content (AvgIpc) is 2.46. The molecule has 2 aromatic carbocycles. The van der Waals surface area contributed by atoms with E-state index in [1.165, 1.54) is 12.1 Å². The van der Waals surface area contributed by atoms with Crippen molar-refractivity contribution in [2.24, 2.45) is 0 Å². The maximum absolute atomic E-state index is 12.9. The highest BCUT2D eigenvalue weighted by atomic mass is 79.9. The minimum Gasteiger partial charge on any atom is -0.487 e. The van der Waals surface area contributed by atoms with Crippen LogP contribution in [0, 0.1) is 5.82 Å². The number of halogens is 2. The number of rotatable bonds is 6. The summed E-state index contributed by atoms with van der Waals surface area (Å²) in [5, 5.41) is 3.38. The Hall–Kier alpha value is -1.39. The molecule has 1 N–H and O–H groups in total. The average molecular weight is 352 g/mol. The van der Waals surface area contributed by atoms with Crippen molar-refractivity contribution in [3.63, 3.8) is 0 Å². The largest absolute Gasteiger partial charge is 0.487 e. The minimum atomic E-state index is -0.235. The SMILES string of the molecule is CC(C)NCc1cccc(Br)c1OCc1ccc(F)cc1. The summed E-state index contributed by atoms with van der Waals surface area (Å²) in [6.07, 6.45) is 0. The molecule has 0 aliphatic carbocycles. The van der Waals surface area contributed by atoms with Gasteiger partial charge in [0.2, 0.25) is 0 Å². The van der Waals surface area contributed by atoms with Gasteiger partial charge in [0.1, 0.15) is 18.2 Å². The lowest BCUT2D eigenvalue weighted by atomic mass is 10.2. The van der Waals surface area contributed by atoms with Crippen LogP contribution in [-0.4, -0.2) is 6.04 Å². The van der Waals surface area contributed by atoms with Crippen molar-refractivity contribution in [1.29, 1.82) is 0 Å². The van der Waals surface area contributed by atoms with Gasteiger partial charge in [0, 0.05) is 18.2 Å². The number of hydrogen-bond donors (Lipinski definition) is 1. The Morgan fingerprint density at radius 1 is 1.14 bits per heavy atom. The Morgan fingerprint density at radius 3 is 2.52 bits per heavy atom. The van der Waals surface area contributed by atoms with Crippen molar-refractivity contribution < 1.29 is 9.13 Å². The molecule has 0 spiro atoms. The normalized spacial score (nSPS) is 10.9. The predicted octanol–water partition coefficient (Wildman–Crippen LogP) is 4.67. The second-order valence-electron chi connectivity index (χ2n) is 5.18. The van der Waals surface area contributed by atoms with Gasteiger partial charge in [-0.25, -0.2) is 4.39 Å². The van der Waals surface area contributed by atoms with Crippen LogP contribution in [0.2, 0.25) is 0 Å². The molecular weight excluding hydrogens is 333 g/mol. The third kappa shape index (κ3) is 4.83. The first-order chi connectivity index (χ1) is 10.1. The summed E-state index contributed by atoms with van der Waals surface area (Å²) in [6, 6.07) is 12.8. The van der Waals surface area contributed by atoms with Gasteiger partial charge in [0.15, 0.2) is 0 Å². The third-order valence-corrected chi connectivity index (χ3v) is 3.67. The number of nitrogens with one attached hydrogen (secondary N) is 1. The van der Waals surface area contributed by atoms with Crippen LogP contribution in [0.3, 0.4) is 0 Å². The van der Waals surface area contributed by atoms with Crippen molar-refractivity contribution in [2.45, 2.75) is 33.0 Å². The summed E-state index contributed by atoms with van der Waals surface area (Å²) in [4.78, 5) is 0. The Kier molecular flexibility index (Phi) is 5.76. The molecule has 0 bridgehead atoms. The lowest BCUT2D eigenvalue weighted by Crippen LogP contribution is -2.22. The minimum absolute atomic E-state index is 0.235. The number of hydrogen-bond acceptors (Lipinski definition) is 2. The molecule has 0 saturated heterocycles. The van der Waals surface area contributed by atoms with Gasteiger partial charge >= 0.3 is 0 Å². The molecule has 0 atom stereocenters. The summed E-state index contributed by atoms with van der Waals surface area (Å²) in [5.41, 5.74) is 2.04. The Balaban J connectivity index is 2.09. The Labute approximate surface area is 133 Å². The molecule has 0 unspecified atom stereocenters. The first-order valence-corrected chi connectivity index (χ1v) is 7.73. The maximum atomic E-state index is 12.9. The molecule has 0 radical (unpaired) electrons. The van der Waals surface area contributed by atoms with Gasteiger partial charge in [-0.3, -0.25) is 0 Å². The lowest BCUT2D eigenvalue weighted by molar-refractivity contribution is 0.299. The van der Waals surface area contributed by atoms with Crippen LogP contribution in [0.25, 0.3) is 0 Å². The van der Waals surface area contributed by atoms with Gasteiger partial charge < -0.3 is 10.1 Å². The first-order valence-electron chi connectivity index (χ1n) is 6.94. The zero-order valence-corrected chi connectivity index (χ0v) is 13.8. The smallest absolute Gasteiger partial charge is 0.138 e. The van der Waals surface area contributed by atoms with Crippen molar-refractivity contribution in [1.82, 2.24) is 5.32 Å². The molecule has 112 valence electrons. The standard InChI is InChI=1S/C17H19BrFNO/c1-12(2)20-10-14-4-3-5-16(18)17(14)21-11-13-6-8-15(19)9-7-13/h3-9,12,20H,10-11H2,1-2H3. The molecule has 0 fully saturated rings. The zero-order chi connectivity index (χ0) is 15.2. The van der Waals surface area contributed by atoms with Crippen LogP contribution in [0.15, 0.2) is 46.9 Å². The topological polar surface area (TPSA) is 21.3 Å². The highest BCUT2D eigenvalue weighted by Crippen LogP contribution is 2.30. The maximum Gasteiger partial charge on any atom is 0.138 e. The van der Waals surface area contributed by atoms with Crippen LogP contribution in [0.5, 0.6) is 5.75 Å². The second-order valence-corrected chi connectivity index (χ2v) is 6.03. The van der Waals surface area contributed by atoms with E-state index < -0.39 is 0 Å². The molecule has 2 aromatic rings. The zero-order valence-electron chi connectivity index (χ0n) is 12.2. The van der Waals surface area contributed by atoms with E-state index in [1.807, 2.05) is 18.2 Å². The summed E-state index contributed by atoms with van der Waals surface area (Å²) in [7, 11) is 0. The molecule has 0 aliphatic rings. The van der Waals surface area contributed by atoms with Gasteiger partial charge in [0.05, 0.1) is 4.47 Å². The van der Waals surface area contributed by atoms with Crippen LogP contribution >= 0.6 is 15.9 Å². The predicted molar refractivity (Wildman–Crippen MR) is 86.8 cm³/mol. The number of ether oxygens (including phenoxy) is 1. The van der Waals surface area contributed by atoms with Crippen LogP contribution < -0.4 is 10.1 Å². The molecule has 0 saturated carbocycles.